The maximum atomic E-state index is 12.7. The number of nitrogens with one attached hydrogen (secondary N) is 1. The van der Waals surface area contributed by atoms with Crippen molar-refractivity contribution in [3.63, 3.8) is 0 Å². The van der Waals surface area contributed by atoms with Crippen molar-refractivity contribution in [3.8, 4) is 6.07 Å². The number of sulfonamides is 1. The Morgan fingerprint density at radius 2 is 2.00 bits per heavy atom. The molecular formula is C14H13F3N8O2S. The van der Waals surface area contributed by atoms with Gasteiger partial charge in [-0.3, -0.25) is 4.72 Å². The lowest BCUT2D eigenvalue weighted by atomic mass is 10.2. The highest BCUT2D eigenvalue weighted by Crippen LogP contribution is 2.36. The molecule has 2 heterocycles. The molecule has 3 N–H and O–H groups in total. The van der Waals surface area contributed by atoms with Crippen LogP contribution in [0, 0.1) is 11.3 Å². The molecule has 1 fully saturated rings. The van der Waals surface area contributed by atoms with Crippen molar-refractivity contribution in [1.29, 1.82) is 5.26 Å². The molecule has 1 saturated heterocycles. The third kappa shape index (κ3) is 3.69. The maximum absolute atomic E-state index is 12.7. The number of imidazole rings is 1. The summed E-state index contributed by atoms with van der Waals surface area (Å²) < 4.78 is 63.9. The number of anilines is 3. The average molecular weight is 414 g/mol. The second-order valence-electron chi connectivity index (χ2n) is 5.76. The van der Waals surface area contributed by atoms with Crippen LogP contribution >= 0.6 is 0 Å². The van der Waals surface area contributed by atoms with E-state index in [1.165, 1.54) is 28.5 Å². The lowest BCUT2D eigenvalue weighted by Gasteiger charge is -2.13. The van der Waals surface area contributed by atoms with Crippen molar-refractivity contribution >= 4 is 38.9 Å². The van der Waals surface area contributed by atoms with Gasteiger partial charge in [0, 0.05) is 25.8 Å². The summed E-state index contributed by atoms with van der Waals surface area (Å²) in [6, 6.07) is 5.95. The van der Waals surface area contributed by atoms with E-state index in [2.05, 4.69) is 15.2 Å². The summed E-state index contributed by atoms with van der Waals surface area (Å²) in [4.78, 5) is 5.64. The van der Waals surface area contributed by atoms with E-state index in [-0.39, 0.29) is 23.1 Å². The van der Waals surface area contributed by atoms with Crippen LogP contribution in [-0.4, -0.2) is 36.6 Å². The lowest BCUT2D eigenvalue weighted by molar-refractivity contribution is -0.0429. The van der Waals surface area contributed by atoms with Crippen LogP contribution in [0.4, 0.5) is 42.0 Å². The van der Waals surface area contributed by atoms with Crippen LogP contribution in [0.3, 0.4) is 0 Å². The molecule has 1 aromatic heterocycles. The smallest absolute Gasteiger partial charge is 0.381 e. The molecule has 0 bridgehead atoms. The molecule has 0 radical (unpaired) electrons. The summed E-state index contributed by atoms with van der Waals surface area (Å²) in [6.45, 7) is 1.41. The molecule has 0 spiro atoms. The van der Waals surface area contributed by atoms with Gasteiger partial charge in [0.25, 0.3) is 5.95 Å². The minimum Gasteiger partial charge on any atom is -0.381 e. The molecule has 28 heavy (non-hydrogen) atoms. The molecular weight excluding hydrogens is 401 g/mol. The van der Waals surface area contributed by atoms with E-state index in [1.807, 2.05) is 11.0 Å². The SMILES string of the molecule is Cn1c(N=Nc2ccc(N3CC3)cc2NS(=O)(=O)C(F)(F)F)nc(N)c1C#N. The van der Waals surface area contributed by atoms with Crippen molar-refractivity contribution in [1.82, 2.24) is 9.55 Å². The third-order valence-electron chi connectivity index (χ3n) is 3.79. The topological polar surface area (TPSA) is 142 Å². The predicted molar refractivity (Wildman–Crippen MR) is 93.8 cm³/mol. The fourth-order valence-corrected chi connectivity index (χ4v) is 2.80. The van der Waals surface area contributed by atoms with E-state index in [0.717, 1.165) is 0 Å². The van der Waals surface area contributed by atoms with Crippen LogP contribution in [0.25, 0.3) is 0 Å². The largest absolute Gasteiger partial charge is 0.516 e. The van der Waals surface area contributed by atoms with Crippen LogP contribution in [0.2, 0.25) is 0 Å². The quantitative estimate of drug-likeness (QED) is 0.568. The minimum atomic E-state index is -5.65. The van der Waals surface area contributed by atoms with Crippen molar-refractivity contribution in [2.24, 2.45) is 17.3 Å². The van der Waals surface area contributed by atoms with Gasteiger partial charge in [0.1, 0.15) is 11.8 Å². The van der Waals surface area contributed by atoms with Gasteiger partial charge in [0.15, 0.2) is 11.5 Å². The number of hydrogen-bond donors (Lipinski definition) is 2. The fraction of sp³-hybridized carbons (Fsp3) is 0.286. The Kier molecular flexibility index (Phi) is 4.63. The van der Waals surface area contributed by atoms with Gasteiger partial charge in [-0.25, -0.2) is 0 Å². The molecule has 1 aliphatic heterocycles. The number of aromatic nitrogens is 2. The minimum absolute atomic E-state index is 0.0313. The highest BCUT2D eigenvalue weighted by atomic mass is 32.2. The first-order valence-electron chi connectivity index (χ1n) is 7.65. The fourth-order valence-electron chi connectivity index (χ4n) is 2.23. The molecule has 14 heteroatoms. The normalized spacial score (nSPS) is 14.3. The molecule has 0 saturated carbocycles. The molecule has 0 amide bonds. The zero-order chi connectivity index (χ0) is 20.7. The molecule has 1 aliphatic rings. The summed E-state index contributed by atoms with van der Waals surface area (Å²) >= 11 is 0. The summed E-state index contributed by atoms with van der Waals surface area (Å²) in [5, 5.41) is 16.5. The van der Waals surface area contributed by atoms with Crippen LogP contribution in [-0.2, 0) is 17.1 Å². The van der Waals surface area contributed by atoms with Crippen molar-refractivity contribution in [3.05, 3.63) is 23.9 Å². The average Bonchev–Trinajstić information content (AvgIpc) is 3.39. The Labute approximate surface area is 157 Å². The molecule has 0 unspecified atom stereocenters. The van der Waals surface area contributed by atoms with Crippen molar-refractivity contribution < 1.29 is 21.6 Å². The number of hydrogen-bond acceptors (Lipinski definition) is 8. The summed E-state index contributed by atoms with van der Waals surface area (Å²) in [7, 11) is -4.20. The zero-order valence-electron chi connectivity index (χ0n) is 14.3. The Hall–Kier alpha value is -3.34. The highest BCUT2D eigenvalue weighted by molar-refractivity contribution is 7.93. The number of azo groups is 1. The van der Waals surface area contributed by atoms with Gasteiger partial charge in [-0.1, -0.05) is 0 Å². The standard InChI is InChI=1S/C14H13F3N8O2S/c1-24-11(7-18)12(19)20-13(24)22-21-9-3-2-8(25-4-5-25)6-10(9)23-28(26,27)14(15,16)17/h2-3,6,23H,4-5,19H2,1H3. The first-order valence-corrected chi connectivity index (χ1v) is 9.14. The highest BCUT2D eigenvalue weighted by Gasteiger charge is 2.46. The van der Waals surface area contributed by atoms with E-state index in [9.17, 15) is 21.6 Å². The number of nitrogens with two attached hydrogens (primary N) is 1. The predicted octanol–water partition coefficient (Wildman–Crippen LogP) is 2.37. The van der Waals surface area contributed by atoms with E-state index in [4.69, 9.17) is 11.0 Å². The molecule has 1 aromatic carbocycles. The molecule has 148 valence electrons. The lowest BCUT2D eigenvalue weighted by Crippen LogP contribution is -2.29. The van der Waals surface area contributed by atoms with Gasteiger partial charge < -0.3 is 15.2 Å². The van der Waals surface area contributed by atoms with Crippen molar-refractivity contribution in [2.75, 3.05) is 28.4 Å². The van der Waals surface area contributed by atoms with Gasteiger partial charge >= 0.3 is 15.5 Å². The van der Waals surface area contributed by atoms with Gasteiger partial charge in [-0.15, -0.1) is 10.2 Å². The summed E-state index contributed by atoms with van der Waals surface area (Å²) in [5.74, 6) is -0.164. The first kappa shape index (κ1) is 19.4. The van der Waals surface area contributed by atoms with Crippen LogP contribution < -0.4 is 15.4 Å². The van der Waals surface area contributed by atoms with Gasteiger partial charge in [-0.05, 0) is 18.2 Å². The van der Waals surface area contributed by atoms with E-state index in [0.29, 0.717) is 18.8 Å². The first-order chi connectivity index (χ1) is 13.0. The van der Waals surface area contributed by atoms with E-state index in [1.54, 1.807) is 6.07 Å². The third-order valence-corrected chi connectivity index (χ3v) is 4.89. The van der Waals surface area contributed by atoms with Crippen LogP contribution in [0.15, 0.2) is 28.4 Å². The number of rotatable bonds is 5. The van der Waals surface area contributed by atoms with Gasteiger partial charge in [0.2, 0.25) is 0 Å². The summed E-state index contributed by atoms with van der Waals surface area (Å²) in [5.41, 5.74) is 0.0737. The zero-order valence-corrected chi connectivity index (χ0v) is 15.1. The number of nitriles is 1. The number of nitrogen functional groups attached to an aromatic ring is 1. The van der Waals surface area contributed by atoms with Crippen LogP contribution in [0.1, 0.15) is 5.69 Å². The molecule has 3 rings (SSSR count). The second-order valence-corrected chi connectivity index (χ2v) is 7.43. The van der Waals surface area contributed by atoms with Crippen molar-refractivity contribution in [2.45, 2.75) is 5.51 Å². The Balaban J connectivity index is 2.00. The number of nitrogens with zero attached hydrogens (tertiary/aromatic N) is 6. The Bertz CT molecular complexity index is 1100. The Morgan fingerprint density at radius 3 is 2.54 bits per heavy atom. The van der Waals surface area contributed by atoms with E-state index < -0.39 is 21.2 Å². The summed E-state index contributed by atoms with van der Waals surface area (Å²) in [6.07, 6.45) is 0. The maximum Gasteiger partial charge on any atom is 0.516 e. The monoisotopic (exact) mass is 414 g/mol. The molecule has 0 atom stereocenters. The molecule has 0 aliphatic carbocycles. The van der Waals surface area contributed by atoms with Gasteiger partial charge in [-0.2, -0.15) is 31.8 Å². The molecule has 10 nitrogen and oxygen atoms in total. The van der Waals surface area contributed by atoms with E-state index >= 15 is 0 Å². The van der Waals surface area contributed by atoms with Crippen LogP contribution in [0.5, 0.6) is 0 Å². The Morgan fingerprint density at radius 1 is 1.32 bits per heavy atom. The molecule has 2 aromatic rings. The second kappa shape index (κ2) is 6.68. The number of halogens is 3. The number of benzene rings is 1. The number of alkyl halides is 3. The van der Waals surface area contributed by atoms with Gasteiger partial charge in [0.05, 0.1) is 5.69 Å².